The molecule has 0 bridgehead atoms. The van der Waals surface area contributed by atoms with E-state index in [2.05, 4.69) is 23.5 Å². The van der Waals surface area contributed by atoms with E-state index >= 15 is 0 Å². The van der Waals surface area contributed by atoms with E-state index in [1.165, 1.54) is 22.8 Å². The lowest BCUT2D eigenvalue weighted by molar-refractivity contribution is 0.346. The number of nitrogens with zero attached hydrogens (tertiary/aromatic N) is 2. The molecule has 1 aliphatic carbocycles. The van der Waals surface area contributed by atoms with Crippen LogP contribution in [0.15, 0.2) is 18.7 Å². The Morgan fingerprint density at radius 3 is 2.79 bits per heavy atom. The minimum absolute atomic E-state index is 0.414. The van der Waals surface area contributed by atoms with Gasteiger partial charge in [0.05, 0.1) is 12.3 Å². The highest BCUT2D eigenvalue weighted by molar-refractivity contribution is 8.89. The first-order chi connectivity index (χ1) is 11.6. The van der Waals surface area contributed by atoms with Crippen LogP contribution in [-0.2, 0) is 14.8 Å². The SMILES string of the molecule is C=CCOc1cc(CSP(=O)(OCC)SCCC)nc(C2CC2)n1. The van der Waals surface area contributed by atoms with Gasteiger partial charge >= 0.3 is 5.77 Å². The average Bonchev–Trinajstić information content (AvgIpc) is 3.42. The van der Waals surface area contributed by atoms with Gasteiger partial charge in [0.1, 0.15) is 12.4 Å². The second-order valence-electron chi connectivity index (χ2n) is 5.40. The van der Waals surface area contributed by atoms with Crippen molar-refractivity contribution in [2.75, 3.05) is 19.0 Å². The Hall–Kier alpha value is -0.490. The van der Waals surface area contributed by atoms with Crippen LogP contribution in [0.5, 0.6) is 5.88 Å². The van der Waals surface area contributed by atoms with Crippen LogP contribution in [-0.4, -0.2) is 28.9 Å². The van der Waals surface area contributed by atoms with E-state index in [1.54, 1.807) is 6.08 Å². The average molecular weight is 388 g/mol. The largest absolute Gasteiger partial charge is 0.473 e. The molecular formula is C16H25N2O3PS2. The van der Waals surface area contributed by atoms with Crippen molar-refractivity contribution in [3.63, 3.8) is 0 Å². The van der Waals surface area contributed by atoms with Gasteiger partial charge in [0.2, 0.25) is 5.88 Å². The van der Waals surface area contributed by atoms with Gasteiger partial charge in [0.15, 0.2) is 0 Å². The van der Waals surface area contributed by atoms with Crippen molar-refractivity contribution >= 4 is 28.5 Å². The van der Waals surface area contributed by atoms with Crippen molar-refractivity contribution in [3.8, 4) is 5.88 Å². The number of hydrogen-bond acceptors (Lipinski definition) is 7. The molecule has 1 aromatic rings. The summed E-state index contributed by atoms with van der Waals surface area (Å²) in [5, 5.41) is 0. The van der Waals surface area contributed by atoms with Crippen LogP contribution in [0.3, 0.4) is 0 Å². The van der Waals surface area contributed by atoms with Gasteiger partial charge < -0.3 is 9.26 Å². The Labute approximate surface area is 152 Å². The predicted octanol–water partition coefficient (Wildman–Crippen LogP) is 5.44. The highest BCUT2D eigenvalue weighted by Gasteiger charge is 2.29. The quantitative estimate of drug-likeness (QED) is 0.349. The summed E-state index contributed by atoms with van der Waals surface area (Å²) in [6.45, 7) is 8.47. The van der Waals surface area contributed by atoms with Crippen LogP contribution in [0.1, 0.15) is 50.5 Å². The van der Waals surface area contributed by atoms with Gasteiger partial charge in [-0.25, -0.2) is 4.98 Å². The van der Waals surface area contributed by atoms with Crippen molar-refractivity contribution in [1.29, 1.82) is 0 Å². The molecule has 1 atom stereocenters. The highest BCUT2D eigenvalue weighted by atomic mass is 33.1. The fourth-order valence-corrected chi connectivity index (χ4v) is 8.52. The predicted molar refractivity (Wildman–Crippen MR) is 103 cm³/mol. The first-order valence-electron chi connectivity index (χ1n) is 8.25. The molecule has 1 saturated carbocycles. The van der Waals surface area contributed by atoms with Crippen LogP contribution in [0.2, 0.25) is 0 Å². The van der Waals surface area contributed by atoms with E-state index in [0.29, 0.717) is 30.8 Å². The maximum atomic E-state index is 12.8. The second-order valence-corrected chi connectivity index (χ2v) is 12.9. The monoisotopic (exact) mass is 388 g/mol. The van der Waals surface area contributed by atoms with Crippen LogP contribution >= 0.6 is 28.5 Å². The fraction of sp³-hybridized carbons (Fsp3) is 0.625. The summed E-state index contributed by atoms with van der Waals surface area (Å²) in [4.78, 5) is 9.09. The Bertz CT molecular complexity index is 597. The first kappa shape index (κ1) is 19.8. The van der Waals surface area contributed by atoms with Crippen LogP contribution in [0, 0.1) is 0 Å². The maximum absolute atomic E-state index is 12.8. The molecule has 1 unspecified atom stereocenters. The summed E-state index contributed by atoms with van der Waals surface area (Å²) in [5.74, 6) is 0.449. The standard InChI is InChI=1S/C16H25N2O3PS2/c1-4-9-20-15-11-14(17-16(18-15)13-7-8-13)12-24-22(19,21-6-3)23-10-5-2/h4,11,13H,1,5-10,12H2,2-3H3. The molecule has 0 radical (unpaired) electrons. The molecule has 134 valence electrons. The molecule has 0 spiro atoms. The maximum Gasteiger partial charge on any atom is 0.313 e. The molecule has 0 saturated heterocycles. The molecule has 1 fully saturated rings. The minimum Gasteiger partial charge on any atom is -0.473 e. The fourth-order valence-electron chi connectivity index (χ4n) is 1.93. The summed E-state index contributed by atoms with van der Waals surface area (Å²) < 4.78 is 24.0. The van der Waals surface area contributed by atoms with Crippen molar-refractivity contribution in [2.24, 2.45) is 0 Å². The molecular weight excluding hydrogens is 363 g/mol. The van der Waals surface area contributed by atoms with E-state index in [-0.39, 0.29) is 0 Å². The minimum atomic E-state index is -2.74. The van der Waals surface area contributed by atoms with Gasteiger partial charge in [0, 0.05) is 23.5 Å². The van der Waals surface area contributed by atoms with E-state index in [4.69, 9.17) is 9.26 Å². The summed E-state index contributed by atoms with van der Waals surface area (Å²) in [6, 6.07) is 1.82. The van der Waals surface area contributed by atoms with Gasteiger partial charge in [-0.1, -0.05) is 42.3 Å². The summed E-state index contributed by atoms with van der Waals surface area (Å²) >= 11 is 2.76. The van der Waals surface area contributed by atoms with Gasteiger partial charge in [-0.2, -0.15) is 4.98 Å². The van der Waals surface area contributed by atoms with Gasteiger partial charge in [-0.15, -0.1) is 0 Å². The molecule has 0 aliphatic heterocycles. The number of hydrogen-bond donors (Lipinski definition) is 0. The summed E-state index contributed by atoms with van der Waals surface area (Å²) in [6.07, 6.45) is 4.92. The third-order valence-electron chi connectivity index (χ3n) is 3.18. The normalized spacial score (nSPS) is 16.6. The van der Waals surface area contributed by atoms with Gasteiger partial charge in [0.25, 0.3) is 0 Å². The Kier molecular flexibility index (Phi) is 8.14. The lowest BCUT2D eigenvalue weighted by Crippen LogP contribution is -2.03. The van der Waals surface area contributed by atoms with E-state index in [0.717, 1.165) is 36.5 Å². The molecule has 24 heavy (non-hydrogen) atoms. The Balaban J connectivity index is 2.07. The van der Waals surface area contributed by atoms with E-state index < -0.39 is 5.77 Å². The number of rotatable bonds is 12. The summed E-state index contributed by atoms with van der Waals surface area (Å²) in [7, 11) is 0. The third kappa shape index (κ3) is 6.43. The van der Waals surface area contributed by atoms with Crippen molar-refractivity contribution in [3.05, 3.63) is 30.2 Å². The number of aromatic nitrogens is 2. The summed E-state index contributed by atoms with van der Waals surface area (Å²) in [5.41, 5.74) is 0.841. The first-order valence-corrected chi connectivity index (χ1v) is 13.1. The molecule has 0 aromatic carbocycles. The third-order valence-corrected chi connectivity index (χ3v) is 10.8. The van der Waals surface area contributed by atoms with Crippen molar-refractivity contribution in [2.45, 2.75) is 44.8 Å². The molecule has 0 amide bonds. The zero-order chi connectivity index (χ0) is 17.4. The van der Waals surface area contributed by atoms with E-state index in [9.17, 15) is 4.57 Å². The number of ether oxygens (including phenoxy) is 1. The van der Waals surface area contributed by atoms with E-state index in [1.807, 2.05) is 13.0 Å². The Morgan fingerprint density at radius 1 is 1.38 bits per heavy atom. The second kappa shape index (κ2) is 9.85. The zero-order valence-electron chi connectivity index (χ0n) is 14.3. The lowest BCUT2D eigenvalue weighted by Gasteiger charge is -2.16. The van der Waals surface area contributed by atoms with Crippen molar-refractivity contribution in [1.82, 2.24) is 9.97 Å². The molecule has 0 N–H and O–H groups in total. The molecule has 1 heterocycles. The molecule has 2 rings (SSSR count). The Morgan fingerprint density at radius 2 is 2.17 bits per heavy atom. The van der Waals surface area contributed by atoms with Crippen LogP contribution in [0.25, 0.3) is 0 Å². The van der Waals surface area contributed by atoms with Crippen LogP contribution < -0.4 is 4.74 Å². The highest BCUT2D eigenvalue weighted by Crippen LogP contribution is 2.70. The topological polar surface area (TPSA) is 61.3 Å². The molecule has 5 nitrogen and oxygen atoms in total. The van der Waals surface area contributed by atoms with Crippen molar-refractivity contribution < 1.29 is 13.8 Å². The van der Waals surface area contributed by atoms with Gasteiger partial charge in [-0.05, 0) is 26.2 Å². The zero-order valence-corrected chi connectivity index (χ0v) is 16.8. The molecule has 8 heteroatoms. The molecule has 1 aliphatic rings. The van der Waals surface area contributed by atoms with Gasteiger partial charge in [-0.3, -0.25) is 4.57 Å². The smallest absolute Gasteiger partial charge is 0.313 e. The van der Waals surface area contributed by atoms with Crippen LogP contribution in [0.4, 0.5) is 0 Å². The molecule has 1 aromatic heterocycles. The lowest BCUT2D eigenvalue weighted by atomic mass is 10.3.